The molecular weight excluding hydrogens is 191 g/mol. The molecule has 1 aromatic rings. The van der Waals surface area contributed by atoms with Gasteiger partial charge in [-0.1, -0.05) is 12.1 Å². The predicted molar refractivity (Wildman–Crippen MR) is 61.4 cm³/mol. The van der Waals surface area contributed by atoms with Gasteiger partial charge in [0, 0.05) is 19.1 Å². The monoisotopic (exact) mass is 210 g/mol. The second-order valence-electron chi connectivity index (χ2n) is 3.81. The molecule has 0 aliphatic heterocycles. The van der Waals surface area contributed by atoms with Crippen molar-refractivity contribution in [1.29, 1.82) is 0 Å². The van der Waals surface area contributed by atoms with Gasteiger partial charge in [0.15, 0.2) is 0 Å². The van der Waals surface area contributed by atoms with Crippen LogP contribution in [0.1, 0.15) is 18.5 Å². The Labute approximate surface area is 91.1 Å². The lowest BCUT2D eigenvalue weighted by Crippen LogP contribution is -2.29. The zero-order chi connectivity index (χ0) is 11.3. The molecule has 0 heterocycles. The van der Waals surface area contributed by atoms with Crippen LogP contribution in [0.2, 0.25) is 0 Å². The standard InChI is InChI=1S/C12H19FN2/c1-10(15(3)9-8-14-2)11-4-6-12(13)7-5-11/h4-7,10,14H,8-9H2,1-3H3. The van der Waals surface area contributed by atoms with E-state index in [2.05, 4.69) is 24.2 Å². The molecule has 0 aromatic heterocycles. The third-order valence-electron chi connectivity index (χ3n) is 2.73. The number of halogens is 1. The highest BCUT2D eigenvalue weighted by Crippen LogP contribution is 2.18. The van der Waals surface area contributed by atoms with Crippen LogP contribution in [0.25, 0.3) is 0 Å². The maximum absolute atomic E-state index is 12.7. The van der Waals surface area contributed by atoms with E-state index in [1.165, 1.54) is 12.1 Å². The molecule has 84 valence electrons. The van der Waals surface area contributed by atoms with Crippen molar-refractivity contribution in [2.24, 2.45) is 0 Å². The fourth-order valence-corrected chi connectivity index (χ4v) is 1.48. The van der Waals surface area contributed by atoms with E-state index in [1.807, 2.05) is 19.2 Å². The Morgan fingerprint density at radius 3 is 2.47 bits per heavy atom. The maximum Gasteiger partial charge on any atom is 0.123 e. The number of likely N-dealkylation sites (N-methyl/N-ethyl adjacent to an activating group) is 2. The molecule has 0 aliphatic carbocycles. The first-order valence-corrected chi connectivity index (χ1v) is 5.25. The minimum absolute atomic E-state index is 0.177. The molecular formula is C12H19FN2. The summed E-state index contributed by atoms with van der Waals surface area (Å²) in [5.74, 6) is -0.177. The Bertz CT molecular complexity index is 284. The van der Waals surface area contributed by atoms with Gasteiger partial charge in [0.25, 0.3) is 0 Å². The van der Waals surface area contributed by atoms with Crippen molar-refractivity contribution in [2.75, 3.05) is 27.2 Å². The number of benzene rings is 1. The third-order valence-corrected chi connectivity index (χ3v) is 2.73. The van der Waals surface area contributed by atoms with Crippen LogP contribution < -0.4 is 5.32 Å². The van der Waals surface area contributed by atoms with Gasteiger partial charge in [-0.05, 0) is 38.7 Å². The second-order valence-corrected chi connectivity index (χ2v) is 3.81. The topological polar surface area (TPSA) is 15.3 Å². The summed E-state index contributed by atoms with van der Waals surface area (Å²) in [6, 6.07) is 7.03. The average molecular weight is 210 g/mol. The molecule has 1 N–H and O–H groups in total. The van der Waals surface area contributed by atoms with E-state index in [-0.39, 0.29) is 5.82 Å². The first-order valence-electron chi connectivity index (χ1n) is 5.25. The van der Waals surface area contributed by atoms with Gasteiger partial charge < -0.3 is 5.32 Å². The van der Waals surface area contributed by atoms with Gasteiger partial charge in [0.2, 0.25) is 0 Å². The summed E-state index contributed by atoms with van der Waals surface area (Å²) in [6.45, 7) is 4.07. The highest BCUT2D eigenvalue weighted by atomic mass is 19.1. The smallest absolute Gasteiger partial charge is 0.123 e. The van der Waals surface area contributed by atoms with E-state index in [4.69, 9.17) is 0 Å². The first-order chi connectivity index (χ1) is 7.15. The molecule has 1 rings (SSSR count). The highest BCUT2D eigenvalue weighted by Gasteiger charge is 2.10. The lowest BCUT2D eigenvalue weighted by molar-refractivity contribution is 0.263. The molecule has 0 aliphatic rings. The summed E-state index contributed by atoms with van der Waals surface area (Å²) < 4.78 is 12.7. The molecule has 0 saturated carbocycles. The maximum atomic E-state index is 12.7. The summed E-state index contributed by atoms with van der Waals surface area (Å²) in [6.07, 6.45) is 0. The van der Waals surface area contributed by atoms with Crippen LogP contribution in [0.5, 0.6) is 0 Å². The minimum atomic E-state index is -0.177. The molecule has 0 amide bonds. The molecule has 3 heteroatoms. The van der Waals surface area contributed by atoms with Crippen LogP contribution in [0.15, 0.2) is 24.3 Å². The lowest BCUT2D eigenvalue weighted by Gasteiger charge is -2.24. The number of hydrogen-bond donors (Lipinski definition) is 1. The van der Waals surface area contributed by atoms with Crippen LogP contribution >= 0.6 is 0 Å². The van der Waals surface area contributed by atoms with Gasteiger partial charge in [0.05, 0.1) is 0 Å². The Morgan fingerprint density at radius 2 is 1.93 bits per heavy atom. The summed E-state index contributed by atoms with van der Waals surface area (Å²) in [7, 11) is 4.02. The Hall–Kier alpha value is -0.930. The summed E-state index contributed by atoms with van der Waals surface area (Å²) >= 11 is 0. The SMILES string of the molecule is CNCCN(C)C(C)c1ccc(F)cc1. The fourth-order valence-electron chi connectivity index (χ4n) is 1.48. The van der Waals surface area contributed by atoms with E-state index in [0.717, 1.165) is 18.7 Å². The molecule has 0 saturated heterocycles. The van der Waals surface area contributed by atoms with Crippen LogP contribution in [0.3, 0.4) is 0 Å². The Balaban J connectivity index is 2.59. The van der Waals surface area contributed by atoms with Crippen molar-refractivity contribution in [3.63, 3.8) is 0 Å². The molecule has 0 fully saturated rings. The predicted octanol–water partition coefficient (Wildman–Crippen LogP) is 2.04. The second kappa shape index (κ2) is 5.83. The van der Waals surface area contributed by atoms with Crippen molar-refractivity contribution in [3.8, 4) is 0 Å². The molecule has 0 bridgehead atoms. The molecule has 0 spiro atoms. The van der Waals surface area contributed by atoms with Crippen LogP contribution in [-0.4, -0.2) is 32.1 Å². The molecule has 1 unspecified atom stereocenters. The van der Waals surface area contributed by atoms with Crippen molar-refractivity contribution >= 4 is 0 Å². The van der Waals surface area contributed by atoms with Crippen molar-refractivity contribution in [2.45, 2.75) is 13.0 Å². The van der Waals surface area contributed by atoms with Gasteiger partial charge in [-0.3, -0.25) is 4.90 Å². The number of nitrogens with zero attached hydrogens (tertiary/aromatic N) is 1. The molecule has 1 aromatic carbocycles. The summed E-state index contributed by atoms with van der Waals surface area (Å²) in [5.41, 5.74) is 1.15. The number of rotatable bonds is 5. The Morgan fingerprint density at radius 1 is 1.33 bits per heavy atom. The van der Waals surface area contributed by atoms with E-state index < -0.39 is 0 Å². The zero-order valence-corrected chi connectivity index (χ0v) is 9.63. The highest BCUT2D eigenvalue weighted by molar-refractivity contribution is 5.19. The zero-order valence-electron chi connectivity index (χ0n) is 9.63. The van der Waals surface area contributed by atoms with Crippen molar-refractivity contribution in [3.05, 3.63) is 35.6 Å². The van der Waals surface area contributed by atoms with Crippen LogP contribution in [0.4, 0.5) is 4.39 Å². The quantitative estimate of drug-likeness (QED) is 0.800. The van der Waals surface area contributed by atoms with Crippen LogP contribution in [0, 0.1) is 5.82 Å². The van der Waals surface area contributed by atoms with E-state index in [1.54, 1.807) is 0 Å². The van der Waals surface area contributed by atoms with E-state index in [0.29, 0.717) is 6.04 Å². The minimum Gasteiger partial charge on any atom is -0.318 e. The van der Waals surface area contributed by atoms with Gasteiger partial charge in [-0.2, -0.15) is 0 Å². The van der Waals surface area contributed by atoms with Crippen molar-refractivity contribution < 1.29 is 4.39 Å². The van der Waals surface area contributed by atoms with Gasteiger partial charge in [-0.25, -0.2) is 4.39 Å². The molecule has 15 heavy (non-hydrogen) atoms. The summed E-state index contributed by atoms with van der Waals surface area (Å²) in [5, 5.41) is 3.11. The fraction of sp³-hybridized carbons (Fsp3) is 0.500. The molecule has 1 atom stereocenters. The largest absolute Gasteiger partial charge is 0.318 e. The normalized spacial score (nSPS) is 13.1. The van der Waals surface area contributed by atoms with Crippen molar-refractivity contribution in [1.82, 2.24) is 10.2 Å². The molecule has 2 nitrogen and oxygen atoms in total. The van der Waals surface area contributed by atoms with E-state index >= 15 is 0 Å². The number of nitrogens with one attached hydrogen (secondary N) is 1. The summed E-state index contributed by atoms with van der Waals surface area (Å²) in [4.78, 5) is 2.24. The first kappa shape index (κ1) is 12.1. The van der Waals surface area contributed by atoms with Gasteiger partial charge in [0.1, 0.15) is 5.82 Å². The van der Waals surface area contributed by atoms with Gasteiger partial charge in [-0.15, -0.1) is 0 Å². The third kappa shape index (κ3) is 3.61. The molecule has 0 radical (unpaired) electrons. The van der Waals surface area contributed by atoms with Gasteiger partial charge >= 0.3 is 0 Å². The Kier molecular flexibility index (Phi) is 4.72. The van der Waals surface area contributed by atoms with E-state index in [9.17, 15) is 4.39 Å². The lowest BCUT2D eigenvalue weighted by atomic mass is 10.1. The van der Waals surface area contributed by atoms with Crippen LogP contribution in [-0.2, 0) is 0 Å². The number of hydrogen-bond acceptors (Lipinski definition) is 2. The average Bonchev–Trinajstić information content (AvgIpc) is 2.26.